The SMILES string of the molecule is C=C(CC(C#N)(C(=O)OCC)c1ccccc1)C(=O)OCC. The Morgan fingerprint density at radius 2 is 1.77 bits per heavy atom. The van der Waals surface area contributed by atoms with Crippen molar-refractivity contribution in [3.8, 4) is 6.07 Å². The molecule has 0 bridgehead atoms. The molecule has 0 aliphatic carbocycles. The summed E-state index contributed by atoms with van der Waals surface area (Å²) >= 11 is 0. The van der Waals surface area contributed by atoms with Crippen molar-refractivity contribution in [3.63, 3.8) is 0 Å². The minimum absolute atomic E-state index is 0.0558. The molecule has 0 radical (unpaired) electrons. The molecule has 1 atom stereocenters. The van der Waals surface area contributed by atoms with E-state index in [1.54, 1.807) is 44.2 Å². The number of hydrogen-bond acceptors (Lipinski definition) is 5. The Hall–Kier alpha value is -2.61. The average molecular weight is 301 g/mol. The number of nitrogens with zero attached hydrogens (tertiary/aromatic N) is 1. The van der Waals surface area contributed by atoms with E-state index in [0.717, 1.165) is 0 Å². The zero-order chi connectivity index (χ0) is 16.6. The Morgan fingerprint density at radius 1 is 1.18 bits per heavy atom. The van der Waals surface area contributed by atoms with Crippen molar-refractivity contribution in [1.29, 1.82) is 5.26 Å². The first kappa shape index (κ1) is 17.4. The lowest BCUT2D eigenvalue weighted by Gasteiger charge is -2.25. The fourth-order valence-corrected chi connectivity index (χ4v) is 2.04. The molecule has 0 aliphatic heterocycles. The molecule has 0 saturated carbocycles. The molecule has 0 amide bonds. The Labute approximate surface area is 130 Å². The van der Waals surface area contributed by atoms with Gasteiger partial charge in [-0.1, -0.05) is 36.9 Å². The standard InChI is InChI=1S/C17H19NO4/c1-4-21-15(19)13(3)11-17(12-18,16(20)22-5-2)14-9-7-6-8-10-14/h6-10H,3-5,11H2,1-2H3. The van der Waals surface area contributed by atoms with Crippen molar-refractivity contribution >= 4 is 11.9 Å². The summed E-state index contributed by atoms with van der Waals surface area (Å²) in [7, 11) is 0. The zero-order valence-electron chi connectivity index (χ0n) is 12.8. The quantitative estimate of drug-likeness (QED) is 0.571. The monoisotopic (exact) mass is 301 g/mol. The van der Waals surface area contributed by atoms with Crippen molar-refractivity contribution in [2.24, 2.45) is 0 Å². The molecule has 0 aliphatic rings. The summed E-state index contributed by atoms with van der Waals surface area (Å²) in [5, 5.41) is 9.64. The van der Waals surface area contributed by atoms with Crippen LogP contribution >= 0.6 is 0 Å². The first-order valence-corrected chi connectivity index (χ1v) is 7.00. The first-order chi connectivity index (χ1) is 10.5. The molecule has 1 unspecified atom stereocenters. The van der Waals surface area contributed by atoms with Gasteiger partial charge in [-0.25, -0.2) is 9.59 Å². The van der Waals surface area contributed by atoms with Gasteiger partial charge in [0.1, 0.15) is 0 Å². The minimum atomic E-state index is -1.61. The molecule has 0 saturated heterocycles. The zero-order valence-corrected chi connectivity index (χ0v) is 12.8. The van der Waals surface area contributed by atoms with Gasteiger partial charge < -0.3 is 9.47 Å². The predicted molar refractivity (Wildman–Crippen MR) is 80.8 cm³/mol. The third kappa shape index (κ3) is 3.73. The second kappa shape index (κ2) is 7.99. The molecular weight excluding hydrogens is 282 g/mol. The molecule has 0 heterocycles. The van der Waals surface area contributed by atoms with Crippen LogP contribution in [0, 0.1) is 11.3 Å². The van der Waals surface area contributed by atoms with Gasteiger partial charge in [-0.15, -0.1) is 0 Å². The van der Waals surface area contributed by atoms with E-state index in [1.165, 1.54) is 0 Å². The van der Waals surface area contributed by atoms with Gasteiger partial charge in [0.2, 0.25) is 0 Å². The minimum Gasteiger partial charge on any atom is -0.465 e. The third-order valence-electron chi connectivity index (χ3n) is 3.12. The average Bonchev–Trinajstić information content (AvgIpc) is 2.53. The molecule has 22 heavy (non-hydrogen) atoms. The van der Waals surface area contributed by atoms with E-state index >= 15 is 0 Å². The third-order valence-corrected chi connectivity index (χ3v) is 3.12. The second-order valence-corrected chi connectivity index (χ2v) is 4.60. The summed E-state index contributed by atoms with van der Waals surface area (Å²) in [6.45, 7) is 7.31. The van der Waals surface area contributed by atoms with Gasteiger partial charge in [0.05, 0.1) is 19.3 Å². The number of carbonyl (C=O) groups is 2. The summed E-state index contributed by atoms with van der Waals surface area (Å²) in [5.41, 5.74) is -1.09. The van der Waals surface area contributed by atoms with E-state index in [9.17, 15) is 14.9 Å². The van der Waals surface area contributed by atoms with Crippen molar-refractivity contribution < 1.29 is 19.1 Å². The number of hydrogen-bond donors (Lipinski definition) is 0. The predicted octanol–water partition coefficient (Wildman–Crippen LogP) is 2.52. The van der Waals surface area contributed by atoms with Crippen LogP contribution in [0.4, 0.5) is 0 Å². The number of ether oxygens (including phenoxy) is 2. The van der Waals surface area contributed by atoms with Crippen LogP contribution in [-0.4, -0.2) is 25.2 Å². The molecule has 116 valence electrons. The van der Waals surface area contributed by atoms with E-state index in [1.807, 2.05) is 6.07 Å². The van der Waals surface area contributed by atoms with Crippen LogP contribution < -0.4 is 0 Å². The van der Waals surface area contributed by atoms with Crippen LogP contribution in [0.1, 0.15) is 25.8 Å². The Kier molecular flexibility index (Phi) is 6.33. The van der Waals surface area contributed by atoms with Gasteiger partial charge in [-0.2, -0.15) is 5.26 Å². The highest BCUT2D eigenvalue weighted by Crippen LogP contribution is 2.32. The topological polar surface area (TPSA) is 76.4 Å². The molecule has 0 N–H and O–H groups in total. The summed E-state index contributed by atoms with van der Waals surface area (Å²) < 4.78 is 9.91. The van der Waals surface area contributed by atoms with Crippen LogP contribution in [0.25, 0.3) is 0 Å². The maximum atomic E-state index is 12.4. The molecule has 0 fully saturated rings. The van der Waals surface area contributed by atoms with Crippen LogP contribution in [0.2, 0.25) is 0 Å². The van der Waals surface area contributed by atoms with Gasteiger partial charge in [0.15, 0.2) is 5.41 Å². The van der Waals surface area contributed by atoms with E-state index in [2.05, 4.69) is 6.58 Å². The smallest absolute Gasteiger partial charge is 0.333 e. The first-order valence-electron chi connectivity index (χ1n) is 7.00. The van der Waals surface area contributed by atoms with Crippen molar-refractivity contribution in [2.75, 3.05) is 13.2 Å². The molecule has 0 aromatic heterocycles. The summed E-state index contributed by atoms with van der Waals surface area (Å²) in [5.74, 6) is -1.32. The Morgan fingerprint density at radius 3 is 2.27 bits per heavy atom. The number of carbonyl (C=O) groups excluding carboxylic acids is 2. The van der Waals surface area contributed by atoms with E-state index in [4.69, 9.17) is 9.47 Å². The number of rotatable bonds is 7. The fraction of sp³-hybridized carbons (Fsp3) is 0.353. The molecule has 1 rings (SSSR count). The normalized spacial score (nSPS) is 12.6. The Bertz CT molecular complexity index is 588. The van der Waals surface area contributed by atoms with Gasteiger partial charge in [-0.05, 0) is 19.4 Å². The number of esters is 2. The molecule has 1 aromatic rings. The molecule has 0 spiro atoms. The molecular formula is C17H19NO4. The van der Waals surface area contributed by atoms with Gasteiger partial charge >= 0.3 is 11.9 Å². The fourth-order valence-electron chi connectivity index (χ4n) is 2.04. The highest BCUT2D eigenvalue weighted by atomic mass is 16.5. The summed E-state index contributed by atoms with van der Waals surface area (Å²) in [6.07, 6.45) is -0.175. The second-order valence-electron chi connectivity index (χ2n) is 4.60. The van der Waals surface area contributed by atoms with Crippen LogP contribution in [0.15, 0.2) is 42.5 Å². The van der Waals surface area contributed by atoms with Crippen LogP contribution in [0.5, 0.6) is 0 Å². The highest BCUT2D eigenvalue weighted by Gasteiger charge is 2.43. The summed E-state index contributed by atoms with van der Waals surface area (Å²) in [6, 6.07) is 10.5. The van der Waals surface area contributed by atoms with Crippen molar-refractivity contribution in [1.82, 2.24) is 0 Å². The lowest BCUT2D eigenvalue weighted by molar-refractivity contribution is -0.148. The maximum absolute atomic E-state index is 12.4. The van der Waals surface area contributed by atoms with Crippen molar-refractivity contribution in [3.05, 3.63) is 48.0 Å². The highest BCUT2D eigenvalue weighted by molar-refractivity contribution is 5.93. The Balaban J connectivity index is 3.22. The number of nitriles is 1. The molecule has 5 nitrogen and oxygen atoms in total. The molecule has 1 aromatic carbocycles. The van der Waals surface area contributed by atoms with E-state index in [0.29, 0.717) is 5.56 Å². The summed E-state index contributed by atoms with van der Waals surface area (Å²) in [4.78, 5) is 24.1. The number of benzene rings is 1. The van der Waals surface area contributed by atoms with Crippen LogP contribution in [-0.2, 0) is 24.5 Å². The van der Waals surface area contributed by atoms with Gasteiger partial charge in [-0.3, -0.25) is 0 Å². The maximum Gasteiger partial charge on any atom is 0.333 e. The molecule has 5 heteroatoms. The van der Waals surface area contributed by atoms with Crippen LogP contribution in [0.3, 0.4) is 0 Å². The largest absolute Gasteiger partial charge is 0.465 e. The lowest BCUT2D eigenvalue weighted by Crippen LogP contribution is -2.37. The van der Waals surface area contributed by atoms with Crippen molar-refractivity contribution in [2.45, 2.75) is 25.7 Å². The van der Waals surface area contributed by atoms with E-state index in [-0.39, 0.29) is 25.2 Å². The van der Waals surface area contributed by atoms with E-state index < -0.39 is 17.4 Å². The van der Waals surface area contributed by atoms with Gasteiger partial charge in [0, 0.05) is 12.0 Å². The lowest BCUT2D eigenvalue weighted by atomic mass is 9.76. The van der Waals surface area contributed by atoms with Gasteiger partial charge in [0.25, 0.3) is 0 Å².